The third-order valence-electron chi connectivity index (χ3n) is 4.23. The first-order valence-electron chi connectivity index (χ1n) is 7.19. The van der Waals surface area contributed by atoms with Crippen molar-refractivity contribution in [2.45, 2.75) is 19.0 Å². The maximum Gasteiger partial charge on any atom is 0.129 e. The number of anilines is 1. The van der Waals surface area contributed by atoms with E-state index >= 15 is 0 Å². The third-order valence-corrected chi connectivity index (χ3v) is 4.23. The van der Waals surface area contributed by atoms with Gasteiger partial charge in [-0.25, -0.2) is 4.98 Å². The number of fused-ring (bicyclic) bond motifs is 1. The molecule has 2 heterocycles. The van der Waals surface area contributed by atoms with Crippen molar-refractivity contribution >= 4 is 16.7 Å². The third kappa shape index (κ3) is 2.37. The second-order valence-electron chi connectivity index (χ2n) is 5.71. The Labute approximate surface area is 120 Å². The minimum atomic E-state index is 0.557. The Balaban J connectivity index is 1.96. The largest absolute Gasteiger partial charge is 0.355 e. The summed E-state index contributed by atoms with van der Waals surface area (Å²) in [6, 6.07) is 11.0. The molecular weight excluding hydrogens is 248 g/mol. The molecule has 0 saturated carbocycles. The molecule has 4 nitrogen and oxygen atoms in total. The highest BCUT2D eigenvalue weighted by Crippen LogP contribution is 2.26. The SMILES string of the molecule is CN(C)C1CCN(c2cc(CN)c3ccccc3n2)C1. The van der Waals surface area contributed by atoms with Crippen LogP contribution in [0, 0.1) is 0 Å². The average Bonchev–Trinajstić information content (AvgIpc) is 2.96. The van der Waals surface area contributed by atoms with Crippen LogP contribution in [-0.2, 0) is 6.54 Å². The fourth-order valence-electron chi connectivity index (χ4n) is 2.93. The lowest BCUT2D eigenvalue weighted by Gasteiger charge is -2.22. The number of para-hydroxylation sites is 1. The van der Waals surface area contributed by atoms with Crippen LogP contribution in [0.2, 0.25) is 0 Å². The molecule has 0 amide bonds. The van der Waals surface area contributed by atoms with Gasteiger partial charge in [0.2, 0.25) is 0 Å². The van der Waals surface area contributed by atoms with Crippen LogP contribution in [0.1, 0.15) is 12.0 Å². The summed E-state index contributed by atoms with van der Waals surface area (Å²) in [5.41, 5.74) is 8.12. The van der Waals surface area contributed by atoms with Crippen molar-refractivity contribution in [1.82, 2.24) is 9.88 Å². The van der Waals surface area contributed by atoms with Gasteiger partial charge in [0.1, 0.15) is 5.82 Å². The van der Waals surface area contributed by atoms with Gasteiger partial charge in [-0.2, -0.15) is 0 Å². The van der Waals surface area contributed by atoms with Gasteiger partial charge in [-0.15, -0.1) is 0 Å². The van der Waals surface area contributed by atoms with E-state index in [4.69, 9.17) is 10.7 Å². The van der Waals surface area contributed by atoms with Gasteiger partial charge >= 0.3 is 0 Å². The quantitative estimate of drug-likeness (QED) is 0.924. The van der Waals surface area contributed by atoms with Gasteiger partial charge in [0.05, 0.1) is 5.52 Å². The normalized spacial score (nSPS) is 19.2. The lowest BCUT2D eigenvalue weighted by molar-refractivity contribution is 0.315. The van der Waals surface area contributed by atoms with Gasteiger partial charge in [0.25, 0.3) is 0 Å². The summed E-state index contributed by atoms with van der Waals surface area (Å²) in [6.45, 7) is 2.67. The number of likely N-dealkylation sites (N-methyl/N-ethyl adjacent to an activating group) is 1. The first-order chi connectivity index (χ1) is 9.69. The van der Waals surface area contributed by atoms with E-state index in [1.807, 2.05) is 12.1 Å². The highest BCUT2D eigenvalue weighted by molar-refractivity contribution is 5.84. The fourth-order valence-corrected chi connectivity index (χ4v) is 2.93. The Bertz CT molecular complexity index is 608. The van der Waals surface area contributed by atoms with Gasteiger partial charge in [0, 0.05) is 31.1 Å². The molecule has 1 saturated heterocycles. The molecule has 2 aromatic rings. The highest BCUT2D eigenvalue weighted by atomic mass is 15.3. The number of nitrogens with zero attached hydrogens (tertiary/aromatic N) is 3. The molecule has 20 heavy (non-hydrogen) atoms. The van der Waals surface area contributed by atoms with Crippen LogP contribution in [0.5, 0.6) is 0 Å². The number of hydrogen-bond acceptors (Lipinski definition) is 4. The first kappa shape index (κ1) is 13.3. The zero-order chi connectivity index (χ0) is 14.1. The van der Waals surface area contributed by atoms with Gasteiger partial charge in [-0.05, 0) is 38.2 Å². The summed E-state index contributed by atoms with van der Waals surface area (Å²) in [5, 5.41) is 1.17. The minimum Gasteiger partial charge on any atom is -0.355 e. The van der Waals surface area contributed by atoms with Crippen LogP contribution < -0.4 is 10.6 Å². The monoisotopic (exact) mass is 270 g/mol. The molecule has 2 N–H and O–H groups in total. The molecule has 1 unspecified atom stereocenters. The summed E-state index contributed by atoms with van der Waals surface area (Å²) >= 11 is 0. The van der Waals surface area contributed by atoms with E-state index in [9.17, 15) is 0 Å². The van der Waals surface area contributed by atoms with E-state index in [0.717, 1.165) is 24.4 Å². The molecule has 3 rings (SSSR count). The smallest absolute Gasteiger partial charge is 0.129 e. The Hall–Kier alpha value is -1.65. The minimum absolute atomic E-state index is 0.557. The molecule has 0 aliphatic carbocycles. The molecular formula is C16H22N4. The molecule has 1 aromatic heterocycles. The standard InChI is InChI=1S/C16H22N4/c1-19(2)13-7-8-20(11-13)16-9-12(10-17)14-5-3-4-6-15(14)18-16/h3-6,9,13H,7-8,10-11,17H2,1-2H3. The number of rotatable bonds is 3. The zero-order valence-electron chi connectivity index (χ0n) is 12.2. The average molecular weight is 270 g/mol. The van der Waals surface area contributed by atoms with Crippen LogP contribution in [0.25, 0.3) is 10.9 Å². The van der Waals surface area contributed by atoms with E-state index in [-0.39, 0.29) is 0 Å². The maximum atomic E-state index is 5.90. The molecule has 0 radical (unpaired) electrons. The fraction of sp³-hybridized carbons (Fsp3) is 0.438. The van der Waals surface area contributed by atoms with Gasteiger partial charge in [-0.1, -0.05) is 18.2 Å². The Morgan fingerprint density at radius 2 is 2.15 bits per heavy atom. The van der Waals surface area contributed by atoms with Crippen molar-refractivity contribution in [3.05, 3.63) is 35.9 Å². The zero-order valence-corrected chi connectivity index (χ0v) is 12.2. The van der Waals surface area contributed by atoms with Crippen molar-refractivity contribution in [3.63, 3.8) is 0 Å². The Kier molecular flexibility index (Phi) is 3.59. The molecule has 1 aliphatic rings. The van der Waals surface area contributed by atoms with Crippen LogP contribution in [0.15, 0.2) is 30.3 Å². The van der Waals surface area contributed by atoms with Gasteiger partial charge in [0.15, 0.2) is 0 Å². The van der Waals surface area contributed by atoms with Crippen LogP contribution >= 0.6 is 0 Å². The lowest BCUT2D eigenvalue weighted by Crippen LogP contribution is -2.31. The number of aromatic nitrogens is 1. The molecule has 1 atom stereocenters. The molecule has 1 aromatic carbocycles. The topological polar surface area (TPSA) is 45.4 Å². The summed E-state index contributed by atoms with van der Waals surface area (Å²) in [6.07, 6.45) is 1.19. The van der Waals surface area contributed by atoms with Crippen molar-refractivity contribution in [3.8, 4) is 0 Å². The van der Waals surface area contributed by atoms with E-state index < -0.39 is 0 Å². The summed E-state index contributed by atoms with van der Waals surface area (Å²) in [5.74, 6) is 1.06. The van der Waals surface area contributed by atoms with E-state index in [2.05, 4.69) is 42.1 Å². The van der Waals surface area contributed by atoms with Crippen molar-refractivity contribution in [1.29, 1.82) is 0 Å². The maximum absolute atomic E-state index is 5.90. The first-order valence-corrected chi connectivity index (χ1v) is 7.19. The summed E-state index contributed by atoms with van der Waals surface area (Å²) < 4.78 is 0. The second-order valence-corrected chi connectivity index (χ2v) is 5.71. The van der Waals surface area contributed by atoms with Crippen LogP contribution in [-0.4, -0.2) is 43.1 Å². The number of pyridine rings is 1. The molecule has 4 heteroatoms. The highest BCUT2D eigenvalue weighted by Gasteiger charge is 2.25. The molecule has 1 aliphatic heterocycles. The lowest BCUT2D eigenvalue weighted by atomic mass is 10.1. The predicted octanol–water partition coefficient (Wildman–Crippen LogP) is 1.83. The Morgan fingerprint density at radius 3 is 2.85 bits per heavy atom. The summed E-state index contributed by atoms with van der Waals surface area (Å²) in [4.78, 5) is 9.48. The number of nitrogens with two attached hydrogens (primary N) is 1. The van der Waals surface area contributed by atoms with Crippen molar-refractivity contribution in [2.24, 2.45) is 5.73 Å². The van der Waals surface area contributed by atoms with E-state index in [1.54, 1.807) is 0 Å². The Morgan fingerprint density at radius 1 is 1.35 bits per heavy atom. The number of hydrogen-bond donors (Lipinski definition) is 1. The van der Waals surface area contributed by atoms with Gasteiger partial charge < -0.3 is 15.5 Å². The predicted molar refractivity (Wildman–Crippen MR) is 83.9 cm³/mol. The molecule has 106 valence electrons. The van der Waals surface area contributed by atoms with E-state index in [0.29, 0.717) is 12.6 Å². The van der Waals surface area contributed by atoms with Crippen LogP contribution in [0.3, 0.4) is 0 Å². The molecule has 0 bridgehead atoms. The van der Waals surface area contributed by atoms with Gasteiger partial charge in [-0.3, -0.25) is 0 Å². The van der Waals surface area contributed by atoms with E-state index in [1.165, 1.54) is 17.4 Å². The van der Waals surface area contributed by atoms with Crippen molar-refractivity contribution in [2.75, 3.05) is 32.1 Å². The van der Waals surface area contributed by atoms with Crippen LogP contribution in [0.4, 0.5) is 5.82 Å². The molecule has 0 spiro atoms. The number of benzene rings is 1. The van der Waals surface area contributed by atoms with Crippen molar-refractivity contribution < 1.29 is 0 Å². The summed E-state index contributed by atoms with van der Waals surface area (Å²) in [7, 11) is 4.29. The molecule has 1 fully saturated rings. The second kappa shape index (κ2) is 5.38.